The van der Waals surface area contributed by atoms with Gasteiger partial charge in [0.1, 0.15) is 0 Å². The fourth-order valence-electron chi connectivity index (χ4n) is 3.84. The lowest BCUT2D eigenvalue weighted by Gasteiger charge is -2.32. The Morgan fingerprint density at radius 1 is 1.24 bits per heavy atom. The van der Waals surface area contributed by atoms with Gasteiger partial charge >= 0.3 is 6.09 Å². The van der Waals surface area contributed by atoms with Crippen LogP contribution in [0.2, 0.25) is 0 Å². The number of guanidine groups is 1. The van der Waals surface area contributed by atoms with Crippen LogP contribution in [0.1, 0.15) is 44.6 Å². The molecule has 3 rings (SSSR count). The van der Waals surface area contributed by atoms with E-state index >= 15 is 0 Å². The van der Waals surface area contributed by atoms with Crippen molar-refractivity contribution in [1.29, 1.82) is 0 Å². The Kier molecular flexibility index (Phi) is 11.6. The molecule has 1 atom stereocenters. The summed E-state index contributed by atoms with van der Waals surface area (Å²) in [5.74, 6) is 0.687. The number of likely N-dealkylation sites (tertiary alicyclic amines) is 1. The first-order valence-corrected chi connectivity index (χ1v) is 11.4. The van der Waals surface area contributed by atoms with E-state index in [9.17, 15) is 14.9 Å². The minimum Gasteiger partial charge on any atom is -0.450 e. The highest BCUT2D eigenvalue weighted by Crippen LogP contribution is 2.15. The molecule has 2 aliphatic rings. The number of rotatable bonds is 7. The number of hydrogen-bond donors (Lipinski definition) is 2. The van der Waals surface area contributed by atoms with Crippen molar-refractivity contribution in [2.75, 3.05) is 32.8 Å². The zero-order valence-electron chi connectivity index (χ0n) is 19.0. The minimum absolute atomic E-state index is 0. The van der Waals surface area contributed by atoms with E-state index in [4.69, 9.17) is 14.5 Å². The zero-order valence-corrected chi connectivity index (χ0v) is 21.4. The van der Waals surface area contributed by atoms with Crippen LogP contribution in [0.4, 0.5) is 10.5 Å². The van der Waals surface area contributed by atoms with Gasteiger partial charge in [-0.1, -0.05) is 12.1 Å². The molecule has 1 aromatic carbocycles. The summed E-state index contributed by atoms with van der Waals surface area (Å²) in [6.45, 7) is 5.33. The van der Waals surface area contributed by atoms with Crippen LogP contribution in [-0.2, 0) is 16.0 Å². The predicted octanol–water partition coefficient (Wildman–Crippen LogP) is 3.44. The van der Waals surface area contributed by atoms with Crippen LogP contribution in [0.5, 0.6) is 0 Å². The van der Waals surface area contributed by atoms with E-state index in [1.54, 1.807) is 17.0 Å². The minimum atomic E-state index is -0.408. The monoisotopic (exact) mass is 575 g/mol. The van der Waals surface area contributed by atoms with E-state index in [1.165, 1.54) is 18.6 Å². The van der Waals surface area contributed by atoms with Gasteiger partial charge in [0.05, 0.1) is 24.2 Å². The van der Waals surface area contributed by atoms with Crippen molar-refractivity contribution in [2.24, 2.45) is 4.99 Å². The first kappa shape index (κ1) is 27.1. The normalized spacial score (nSPS) is 19.4. The first-order chi connectivity index (χ1) is 15.5. The number of nitrogens with one attached hydrogen (secondary N) is 2. The van der Waals surface area contributed by atoms with Crippen molar-refractivity contribution < 1.29 is 19.2 Å². The average molecular weight is 575 g/mol. The van der Waals surface area contributed by atoms with Crippen LogP contribution in [0.25, 0.3) is 0 Å². The number of nitro benzene ring substituents is 1. The summed E-state index contributed by atoms with van der Waals surface area (Å²) < 4.78 is 10.9. The zero-order chi connectivity index (χ0) is 22.8. The number of carbonyl (C=O) groups excluding carboxylic acids is 1. The molecule has 0 aromatic heterocycles. The number of aliphatic imine (C=N–C) groups is 1. The van der Waals surface area contributed by atoms with Gasteiger partial charge in [0.25, 0.3) is 5.69 Å². The molecule has 2 saturated heterocycles. The van der Waals surface area contributed by atoms with Gasteiger partial charge in [-0.15, -0.1) is 24.0 Å². The number of ether oxygens (including phenoxy) is 2. The van der Waals surface area contributed by atoms with Crippen molar-refractivity contribution in [2.45, 2.75) is 57.7 Å². The molecule has 0 bridgehead atoms. The smallest absolute Gasteiger partial charge is 0.409 e. The van der Waals surface area contributed by atoms with Crippen LogP contribution < -0.4 is 10.6 Å². The molecule has 0 saturated carbocycles. The lowest BCUT2D eigenvalue weighted by Crippen LogP contribution is -2.51. The van der Waals surface area contributed by atoms with Crippen LogP contribution in [0, 0.1) is 10.1 Å². The number of piperidine rings is 1. The summed E-state index contributed by atoms with van der Waals surface area (Å²) >= 11 is 0. The molecule has 184 valence electrons. The van der Waals surface area contributed by atoms with Crippen molar-refractivity contribution in [3.05, 3.63) is 39.9 Å². The Morgan fingerprint density at radius 2 is 1.97 bits per heavy atom. The van der Waals surface area contributed by atoms with Gasteiger partial charge < -0.3 is 25.0 Å². The number of non-ortho nitro benzene ring substituents is 1. The van der Waals surface area contributed by atoms with Gasteiger partial charge in [-0.2, -0.15) is 0 Å². The van der Waals surface area contributed by atoms with E-state index in [-0.39, 0.29) is 47.9 Å². The van der Waals surface area contributed by atoms with Gasteiger partial charge in [0.2, 0.25) is 0 Å². The number of hydrogen-bond acceptors (Lipinski definition) is 6. The number of nitrogens with zero attached hydrogens (tertiary/aromatic N) is 3. The Morgan fingerprint density at radius 3 is 2.58 bits per heavy atom. The second-order valence-electron chi connectivity index (χ2n) is 8.06. The molecule has 1 amide bonds. The molecular weight excluding hydrogens is 541 g/mol. The summed E-state index contributed by atoms with van der Waals surface area (Å²) in [5.41, 5.74) is 0.958. The van der Waals surface area contributed by atoms with Gasteiger partial charge in [-0.25, -0.2) is 9.79 Å². The molecule has 1 unspecified atom stereocenters. The Labute approximate surface area is 211 Å². The maximum absolute atomic E-state index is 11.9. The fourth-order valence-corrected chi connectivity index (χ4v) is 3.84. The van der Waals surface area contributed by atoms with Crippen molar-refractivity contribution in [1.82, 2.24) is 15.5 Å². The van der Waals surface area contributed by atoms with Crippen molar-refractivity contribution in [3.63, 3.8) is 0 Å². The highest BCUT2D eigenvalue weighted by molar-refractivity contribution is 14.0. The highest BCUT2D eigenvalue weighted by Gasteiger charge is 2.24. The third kappa shape index (κ3) is 8.95. The SMILES string of the molecule is CCOC(=O)N1CCC(NC(=NCc2ccc([N+](=O)[O-])cc2)NCC2CCCCO2)CC1.I. The Hall–Kier alpha value is -2.15. The molecule has 2 heterocycles. The van der Waals surface area contributed by atoms with E-state index in [1.807, 2.05) is 6.92 Å². The third-order valence-corrected chi connectivity index (χ3v) is 5.70. The van der Waals surface area contributed by atoms with Crippen molar-refractivity contribution >= 4 is 41.7 Å². The van der Waals surface area contributed by atoms with E-state index in [0.717, 1.165) is 37.9 Å². The second-order valence-corrected chi connectivity index (χ2v) is 8.06. The summed E-state index contributed by atoms with van der Waals surface area (Å²) in [7, 11) is 0. The molecular formula is C22H34IN5O5. The van der Waals surface area contributed by atoms with Crippen LogP contribution in [0.15, 0.2) is 29.3 Å². The van der Waals surface area contributed by atoms with E-state index in [0.29, 0.717) is 38.7 Å². The summed E-state index contributed by atoms with van der Waals surface area (Å²) in [4.78, 5) is 28.8. The summed E-state index contributed by atoms with van der Waals surface area (Å²) in [6.07, 6.45) is 4.82. The largest absolute Gasteiger partial charge is 0.450 e. The first-order valence-electron chi connectivity index (χ1n) is 11.4. The van der Waals surface area contributed by atoms with Crippen LogP contribution in [0.3, 0.4) is 0 Å². The lowest BCUT2D eigenvalue weighted by molar-refractivity contribution is -0.384. The topological polar surface area (TPSA) is 118 Å². The van der Waals surface area contributed by atoms with Gasteiger partial charge in [-0.05, 0) is 44.6 Å². The van der Waals surface area contributed by atoms with E-state index < -0.39 is 4.92 Å². The summed E-state index contributed by atoms with van der Waals surface area (Å²) in [6, 6.07) is 6.62. The molecule has 10 nitrogen and oxygen atoms in total. The number of halogens is 1. The van der Waals surface area contributed by atoms with Gasteiger partial charge in [0, 0.05) is 44.4 Å². The number of carbonyl (C=O) groups is 1. The number of amides is 1. The fraction of sp³-hybridized carbons (Fsp3) is 0.636. The Balaban J connectivity index is 0.00000385. The Bertz CT molecular complexity index is 778. The van der Waals surface area contributed by atoms with Crippen LogP contribution in [-0.4, -0.2) is 66.9 Å². The predicted molar refractivity (Wildman–Crippen MR) is 136 cm³/mol. The number of nitro groups is 1. The van der Waals surface area contributed by atoms with E-state index in [2.05, 4.69) is 10.6 Å². The molecule has 33 heavy (non-hydrogen) atoms. The standard InChI is InChI=1S/C22H33N5O5.HI/c1-2-31-22(28)26-12-10-18(11-13-26)25-21(24-16-20-5-3-4-14-32-20)23-15-17-6-8-19(9-7-17)27(29)30;/h6-9,18,20H,2-5,10-16H2,1H3,(H2,23,24,25);1H. The lowest BCUT2D eigenvalue weighted by atomic mass is 10.1. The maximum Gasteiger partial charge on any atom is 0.409 e. The highest BCUT2D eigenvalue weighted by atomic mass is 127. The molecule has 2 aliphatic heterocycles. The van der Waals surface area contributed by atoms with Crippen LogP contribution >= 0.6 is 24.0 Å². The molecule has 0 spiro atoms. The average Bonchev–Trinajstić information content (AvgIpc) is 2.82. The molecule has 0 radical (unpaired) electrons. The van der Waals surface area contributed by atoms with Crippen molar-refractivity contribution in [3.8, 4) is 0 Å². The third-order valence-electron chi connectivity index (χ3n) is 5.70. The quantitative estimate of drug-likeness (QED) is 0.168. The second kappa shape index (κ2) is 14.2. The van der Waals surface area contributed by atoms with Gasteiger partial charge in [0.15, 0.2) is 5.96 Å². The van der Waals surface area contributed by atoms with Gasteiger partial charge in [-0.3, -0.25) is 10.1 Å². The summed E-state index contributed by atoms with van der Waals surface area (Å²) in [5, 5.41) is 17.7. The molecule has 2 N–H and O–H groups in total. The number of benzene rings is 1. The molecule has 0 aliphatic carbocycles. The maximum atomic E-state index is 11.9. The molecule has 1 aromatic rings. The molecule has 2 fully saturated rings. The molecule has 11 heteroatoms.